The van der Waals surface area contributed by atoms with E-state index in [-0.39, 0.29) is 0 Å². The molecule has 0 aromatic rings. The fourth-order valence-corrected chi connectivity index (χ4v) is 5.55. The summed E-state index contributed by atoms with van der Waals surface area (Å²) in [5, 5.41) is 0. The van der Waals surface area contributed by atoms with Crippen molar-refractivity contribution in [3.05, 3.63) is 0 Å². The van der Waals surface area contributed by atoms with Gasteiger partial charge in [-0.2, -0.15) is 0 Å². The highest BCUT2D eigenvalue weighted by molar-refractivity contribution is 5.78. The van der Waals surface area contributed by atoms with Gasteiger partial charge in [0.25, 0.3) is 0 Å². The lowest BCUT2D eigenvalue weighted by molar-refractivity contribution is -0.121. The summed E-state index contributed by atoms with van der Waals surface area (Å²) in [6, 6.07) is 0. The van der Waals surface area contributed by atoms with Crippen LogP contribution in [0.3, 0.4) is 0 Å². The van der Waals surface area contributed by atoms with Crippen molar-refractivity contribution in [2.24, 2.45) is 17.8 Å². The third-order valence-corrected chi connectivity index (χ3v) is 7.33. The zero-order valence-corrected chi connectivity index (χ0v) is 18.4. The highest BCUT2D eigenvalue weighted by Crippen LogP contribution is 2.37. The minimum Gasteiger partial charge on any atom is -0.379 e. The standard InChI is InChI=1S/C25H46O2/c1-3-25(27-4-2)15-11-10-12-21-16-18-23(20-24(26)19-17-21)22-13-8-6-5-7-9-14-22/h21-23,25H,3-20H2,1-2H3. The van der Waals surface area contributed by atoms with E-state index in [0.29, 0.717) is 17.8 Å². The van der Waals surface area contributed by atoms with Gasteiger partial charge in [0, 0.05) is 19.4 Å². The van der Waals surface area contributed by atoms with Gasteiger partial charge in [0.2, 0.25) is 0 Å². The van der Waals surface area contributed by atoms with Crippen LogP contribution in [0, 0.1) is 17.8 Å². The Morgan fingerprint density at radius 2 is 1.63 bits per heavy atom. The first-order valence-electron chi connectivity index (χ1n) is 12.4. The van der Waals surface area contributed by atoms with Gasteiger partial charge in [-0.05, 0) is 50.4 Å². The molecule has 2 rings (SSSR count). The number of hydrogen-bond acceptors (Lipinski definition) is 2. The molecule has 2 heteroatoms. The molecule has 0 radical (unpaired) electrons. The Bertz CT molecular complexity index is 384. The number of ether oxygens (including phenoxy) is 1. The van der Waals surface area contributed by atoms with E-state index in [4.69, 9.17) is 4.74 Å². The zero-order chi connectivity index (χ0) is 19.3. The van der Waals surface area contributed by atoms with Crippen LogP contribution in [0.4, 0.5) is 0 Å². The van der Waals surface area contributed by atoms with Crippen molar-refractivity contribution in [3.63, 3.8) is 0 Å². The lowest BCUT2D eigenvalue weighted by atomic mass is 9.73. The maximum Gasteiger partial charge on any atom is 0.133 e. The van der Waals surface area contributed by atoms with Crippen molar-refractivity contribution in [2.75, 3.05) is 6.61 Å². The van der Waals surface area contributed by atoms with Gasteiger partial charge < -0.3 is 4.74 Å². The Kier molecular flexibility index (Phi) is 11.7. The molecular formula is C25H46O2. The minimum absolute atomic E-state index is 0.456. The van der Waals surface area contributed by atoms with Gasteiger partial charge in [0.15, 0.2) is 0 Å². The van der Waals surface area contributed by atoms with E-state index in [0.717, 1.165) is 44.1 Å². The fraction of sp³-hybridized carbons (Fsp3) is 0.960. The van der Waals surface area contributed by atoms with E-state index >= 15 is 0 Å². The molecule has 158 valence electrons. The van der Waals surface area contributed by atoms with E-state index in [1.165, 1.54) is 83.5 Å². The first kappa shape index (κ1) is 22.9. The van der Waals surface area contributed by atoms with Crippen molar-refractivity contribution in [2.45, 2.75) is 129 Å². The van der Waals surface area contributed by atoms with E-state index in [2.05, 4.69) is 13.8 Å². The SMILES string of the molecule is CCOC(CC)CCCCC1CCC(=O)CC(C2CCCCCCC2)CC1. The molecule has 0 spiro atoms. The summed E-state index contributed by atoms with van der Waals surface area (Å²) in [6.07, 6.45) is 22.2. The van der Waals surface area contributed by atoms with Gasteiger partial charge in [-0.15, -0.1) is 0 Å². The summed E-state index contributed by atoms with van der Waals surface area (Å²) in [4.78, 5) is 12.5. The second-order valence-electron chi connectivity index (χ2n) is 9.36. The summed E-state index contributed by atoms with van der Waals surface area (Å²) in [5.41, 5.74) is 0. The van der Waals surface area contributed by atoms with Crippen LogP contribution < -0.4 is 0 Å². The molecule has 2 aliphatic rings. The van der Waals surface area contributed by atoms with Gasteiger partial charge in [-0.1, -0.05) is 77.6 Å². The maximum atomic E-state index is 12.5. The number of rotatable bonds is 9. The predicted molar refractivity (Wildman–Crippen MR) is 115 cm³/mol. The smallest absolute Gasteiger partial charge is 0.133 e. The van der Waals surface area contributed by atoms with Gasteiger partial charge in [-0.25, -0.2) is 0 Å². The molecule has 0 bridgehead atoms. The van der Waals surface area contributed by atoms with Gasteiger partial charge in [0.1, 0.15) is 5.78 Å². The highest BCUT2D eigenvalue weighted by atomic mass is 16.5. The largest absolute Gasteiger partial charge is 0.379 e. The van der Waals surface area contributed by atoms with Gasteiger partial charge in [0.05, 0.1) is 6.10 Å². The lowest BCUT2D eigenvalue weighted by Gasteiger charge is -2.31. The van der Waals surface area contributed by atoms with Crippen molar-refractivity contribution in [1.29, 1.82) is 0 Å². The second kappa shape index (κ2) is 13.7. The molecule has 0 saturated heterocycles. The molecule has 0 N–H and O–H groups in total. The summed E-state index contributed by atoms with van der Waals surface area (Å²) in [6.45, 7) is 5.17. The topological polar surface area (TPSA) is 26.3 Å². The monoisotopic (exact) mass is 378 g/mol. The first-order chi connectivity index (χ1) is 13.2. The molecule has 0 aromatic carbocycles. The van der Waals surface area contributed by atoms with Crippen LogP contribution in [0.15, 0.2) is 0 Å². The Morgan fingerprint density at radius 3 is 2.33 bits per heavy atom. The van der Waals surface area contributed by atoms with Crippen molar-refractivity contribution >= 4 is 5.78 Å². The second-order valence-corrected chi connectivity index (χ2v) is 9.36. The normalized spacial score (nSPS) is 27.4. The average molecular weight is 379 g/mol. The lowest BCUT2D eigenvalue weighted by Crippen LogP contribution is -2.23. The zero-order valence-electron chi connectivity index (χ0n) is 18.4. The molecule has 2 nitrogen and oxygen atoms in total. The number of carbonyl (C=O) groups excluding carboxylic acids is 1. The summed E-state index contributed by atoms with van der Waals surface area (Å²) < 4.78 is 5.79. The summed E-state index contributed by atoms with van der Waals surface area (Å²) in [7, 11) is 0. The third kappa shape index (κ3) is 9.11. The molecule has 2 saturated carbocycles. The first-order valence-corrected chi connectivity index (χ1v) is 12.4. The van der Waals surface area contributed by atoms with E-state index < -0.39 is 0 Å². The van der Waals surface area contributed by atoms with E-state index in [9.17, 15) is 4.79 Å². The van der Waals surface area contributed by atoms with E-state index in [1.54, 1.807) is 0 Å². The molecule has 3 atom stereocenters. The predicted octanol–water partition coefficient (Wildman–Crippen LogP) is 7.49. The van der Waals surface area contributed by atoms with Crippen molar-refractivity contribution in [3.8, 4) is 0 Å². The number of hydrogen-bond donors (Lipinski definition) is 0. The summed E-state index contributed by atoms with van der Waals surface area (Å²) in [5.74, 6) is 2.89. The molecular weight excluding hydrogens is 332 g/mol. The van der Waals surface area contributed by atoms with Crippen LogP contribution in [0.2, 0.25) is 0 Å². The fourth-order valence-electron chi connectivity index (χ4n) is 5.55. The van der Waals surface area contributed by atoms with Crippen LogP contribution in [-0.4, -0.2) is 18.5 Å². The van der Waals surface area contributed by atoms with Crippen LogP contribution in [0.25, 0.3) is 0 Å². The summed E-state index contributed by atoms with van der Waals surface area (Å²) >= 11 is 0. The van der Waals surface area contributed by atoms with Crippen LogP contribution in [0.5, 0.6) is 0 Å². The highest BCUT2D eigenvalue weighted by Gasteiger charge is 2.27. The molecule has 2 fully saturated rings. The minimum atomic E-state index is 0.456. The Balaban J connectivity index is 1.75. The van der Waals surface area contributed by atoms with Crippen LogP contribution >= 0.6 is 0 Å². The number of Topliss-reactive ketones (excluding diaryl/α,β-unsaturated/α-hetero) is 1. The van der Waals surface area contributed by atoms with Crippen molar-refractivity contribution in [1.82, 2.24) is 0 Å². The number of unbranched alkanes of at least 4 members (excludes halogenated alkanes) is 1. The molecule has 2 aliphatic carbocycles. The Labute approximate surface area is 169 Å². The van der Waals surface area contributed by atoms with Crippen LogP contribution in [0.1, 0.15) is 123 Å². The molecule has 0 aliphatic heterocycles. The van der Waals surface area contributed by atoms with Crippen LogP contribution in [-0.2, 0) is 9.53 Å². The third-order valence-electron chi connectivity index (χ3n) is 7.33. The quantitative estimate of drug-likeness (QED) is 0.388. The van der Waals surface area contributed by atoms with Gasteiger partial charge >= 0.3 is 0 Å². The molecule has 27 heavy (non-hydrogen) atoms. The number of ketones is 1. The number of carbonyl (C=O) groups is 1. The molecule has 0 amide bonds. The molecule has 0 heterocycles. The maximum absolute atomic E-state index is 12.5. The van der Waals surface area contributed by atoms with Crippen molar-refractivity contribution < 1.29 is 9.53 Å². The van der Waals surface area contributed by atoms with Gasteiger partial charge in [-0.3, -0.25) is 4.79 Å². The van der Waals surface area contributed by atoms with E-state index in [1.807, 2.05) is 0 Å². The molecule has 3 unspecified atom stereocenters. The average Bonchev–Trinajstić information content (AvgIpc) is 2.63. The molecule has 0 aromatic heterocycles. The Morgan fingerprint density at radius 1 is 0.889 bits per heavy atom. The Hall–Kier alpha value is -0.370.